The first-order valence-corrected chi connectivity index (χ1v) is 3.59. The van der Waals surface area contributed by atoms with Crippen molar-refractivity contribution in [2.45, 2.75) is 6.92 Å². The quantitative estimate of drug-likeness (QED) is 0.622. The zero-order valence-electron chi connectivity index (χ0n) is 7.07. The summed E-state index contributed by atoms with van der Waals surface area (Å²) < 4.78 is 0. The van der Waals surface area contributed by atoms with Crippen LogP contribution in [0.15, 0.2) is 12.3 Å². The van der Waals surface area contributed by atoms with Crippen molar-refractivity contribution in [1.82, 2.24) is 4.98 Å². The van der Waals surface area contributed by atoms with Gasteiger partial charge in [-0.2, -0.15) is 0 Å². The third kappa shape index (κ3) is 1.64. The van der Waals surface area contributed by atoms with Gasteiger partial charge in [0.05, 0.1) is 5.56 Å². The molecule has 0 saturated heterocycles. The lowest BCUT2D eigenvalue weighted by molar-refractivity contribution is 0.0969. The van der Waals surface area contributed by atoms with Gasteiger partial charge >= 0.3 is 0 Å². The first kappa shape index (κ1) is 9.18. The van der Waals surface area contributed by atoms with Gasteiger partial charge in [-0.15, -0.1) is 0 Å². The molecule has 4 N–H and O–H groups in total. The van der Waals surface area contributed by atoms with Gasteiger partial charge in [-0.05, 0) is 13.0 Å². The summed E-state index contributed by atoms with van der Waals surface area (Å²) in [7, 11) is 0. The number of nitrogen functional groups attached to an aromatic ring is 1. The highest BCUT2D eigenvalue weighted by atomic mass is 16.1. The molecule has 0 unspecified atom stereocenters. The normalized spacial score (nSPS) is 9.62. The number of ketones is 1. The number of carbonyl (C=O) groups is 2. The molecule has 0 aliphatic carbocycles. The van der Waals surface area contributed by atoms with Crippen LogP contribution in [0.1, 0.15) is 27.8 Å². The Morgan fingerprint density at radius 3 is 2.46 bits per heavy atom. The number of hydrogen-bond donors (Lipinski definition) is 2. The van der Waals surface area contributed by atoms with E-state index in [0.717, 1.165) is 0 Å². The molecular weight excluding hydrogens is 170 g/mol. The van der Waals surface area contributed by atoms with Gasteiger partial charge in [0, 0.05) is 11.9 Å². The number of primary amides is 1. The van der Waals surface area contributed by atoms with Gasteiger partial charge in [0.2, 0.25) is 0 Å². The summed E-state index contributed by atoms with van der Waals surface area (Å²) in [6.45, 7) is 1.31. The molecule has 13 heavy (non-hydrogen) atoms. The average molecular weight is 179 g/mol. The topological polar surface area (TPSA) is 99.1 Å². The second-order valence-electron chi connectivity index (χ2n) is 2.54. The standard InChI is InChI=1S/C8H9N3O2/c1-4(12)6-5(9)2-3-11-7(6)8(10)13/h2-3H,1H3,(H2,9,11)(H2,10,13). The van der Waals surface area contributed by atoms with E-state index in [4.69, 9.17) is 11.5 Å². The van der Waals surface area contributed by atoms with Crippen molar-refractivity contribution in [3.05, 3.63) is 23.5 Å². The first-order valence-electron chi connectivity index (χ1n) is 3.59. The van der Waals surface area contributed by atoms with Crippen LogP contribution in [0.4, 0.5) is 5.69 Å². The molecule has 1 aromatic rings. The number of rotatable bonds is 2. The van der Waals surface area contributed by atoms with E-state index in [1.165, 1.54) is 19.2 Å². The maximum absolute atomic E-state index is 11.1. The Hall–Kier alpha value is -1.91. The van der Waals surface area contributed by atoms with Crippen LogP contribution in [-0.2, 0) is 0 Å². The van der Waals surface area contributed by atoms with E-state index in [1.807, 2.05) is 0 Å². The van der Waals surface area contributed by atoms with E-state index < -0.39 is 5.91 Å². The lowest BCUT2D eigenvalue weighted by atomic mass is 10.1. The molecule has 5 nitrogen and oxygen atoms in total. The Balaban J connectivity index is 3.43. The number of amides is 1. The fourth-order valence-corrected chi connectivity index (χ4v) is 1.03. The Kier molecular flexibility index (Phi) is 2.27. The second-order valence-corrected chi connectivity index (χ2v) is 2.54. The molecule has 1 rings (SSSR count). The third-order valence-corrected chi connectivity index (χ3v) is 1.57. The number of hydrogen-bond acceptors (Lipinski definition) is 4. The molecule has 0 spiro atoms. The zero-order chi connectivity index (χ0) is 10.0. The highest BCUT2D eigenvalue weighted by molar-refractivity contribution is 6.08. The van der Waals surface area contributed by atoms with Crippen LogP contribution in [0.5, 0.6) is 0 Å². The van der Waals surface area contributed by atoms with Crippen molar-refractivity contribution in [1.29, 1.82) is 0 Å². The molecule has 5 heteroatoms. The van der Waals surface area contributed by atoms with Crippen LogP contribution >= 0.6 is 0 Å². The molecule has 0 aliphatic rings. The predicted octanol–water partition coefficient (Wildman–Crippen LogP) is -0.0347. The molecule has 0 bridgehead atoms. The summed E-state index contributed by atoms with van der Waals surface area (Å²) in [5.41, 5.74) is 10.7. The van der Waals surface area contributed by atoms with E-state index in [0.29, 0.717) is 0 Å². The van der Waals surface area contributed by atoms with Gasteiger partial charge in [-0.25, -0.2) is 0 Å². The van der Waals surface area contributed by atoms with E-state index in [1.54, 1.807) is 0 Å². The van der Waals surface area contributed by atoms with Crippen molar-refractivity contribution >= 4 is 17.4 Å². The zero-order valence-corrected chi connectivity index (χ0v) is 7.07. The smallest absolute Gasteiger partial charge is 0.268 e. The summed E-state index contributed by atoms with van der Waals surface area (Å²) in [5, 5.41) is 0. The van der Waals surface area contributed by atoms with Crippen LogP contribution < -0.4 is 11.5 Å². The summed E-state index contributed by atoms with van der Waals surface area (Å²) in [5.74, 6) is -1.07. The van der Waals surface area contributed by atoms with Crippen LogP contribution in [-0.4, -0.2) is 16.7 Å². The van der Waals surface area contributed by atoms with Crippen molar-refractivity contribution in [3.8, 4) is 0 Å². The minimum atomic E-state index is -0.752. The molecule has 68 valence electrons. The number of Topliss-reactive ketones (excluding diaryl/α,β-unsaturated/α-hetero) is 1. The van der Waals surface area contributed by atoms with Crippen molar-refractivity contribution in [2.75, 3.05) is 5.73 Å². The number of anilines is 1. The SMILES string of the molecule is CC(=O)c1c(N)ccnc1C(N)=O. The first-order chi connectivity index (χ1) is 6.04. The van der Waals surface area contributed by atoms with Gasteiger partial charge in [-0.3, -0.25) is 14.6 Å². The lowest BCUT2D eigenvalue weighted by Gasteiger charge is -2.04. The lowest BCUT2D eigenvalue weighted by Crippen LogP contribution is -2.18. The van der Waals surface area contributed by atoms with E-state index in [9.17, 15) is 9.59 Å². The molecular formula is C8H9N3O2. The Labute approximate surface area is 74.7 Å². The van der Waals surface area contributed by atoms with E-state index in [-0.39, 0.29) is 22.7 Å². The third-order valence-electron chi connectivity index (χ3n) is 1.57. The summed E-state index contributed by atoms with van der Waals surface area (Å²) in [6.07, 6.45) is 1.34. The van der Waals surface area contributed by atoms with Gasteiger partial charge in [0.25, 0.3) is 5.91 Å². The highest BCUT2D eigenvalue weighted by Crippen LogP contribution is 2.14. The highest BCUT2D eigenvalue weighted by Gasteiger charge is 2.15. The van der Waals surface area contributed by atoms with Gasteiger partial charge < -0.3 is 11.5 Å². The molecule has 0 saturated carbocycles. The molecule has 1 aromatic heterocycles. The van der Waals surface area contributed by atoms with E-state index >= 15 is 0 Å². The van der Waals surface area contributed by atoms with Crippen molar-refractivity contribution < 1.29 is 9.59 Å². The number of carbonyl (C=O) groups excluding carboxylic acids is 2. The Bertz CT molecular complexity index is 374. The van der Waals surface area contributed by atoms with Crippen molar-refractivity contribution in [3.63, 3.8) is 0 Å². The molecule has 0 aliphatic heterocycles. The minimum absolute atomic E-state index is 0.0764. The van der Waals surface area contributed by atoms with Crippen LogP contribution in [0, 0.1) is 0 Å². The number of nitrogens with two attached hydrogens (primary N) is 2. The largest absolute Gasteiger partial charge is 0.398 e. The monoisotopic (exact) mass is 179 g/mol. The molecule has 0 aromatic carbocycles. The second kappa shape index (κ2) is 3.22. The molecule has 0 fully saturated rings. The molecule has 0 radical (unpaired) electrons. The maximum Gasteiger partial charge on any atom is 0.268 e. The number of nitrogens with zero attached hydrogens (tertiary/aromatic N) is 1. The van der Waals surface area contributed by atoms with Crippen LogP contribution in [0.3, 0.4) is 0 Å². The van der Waals surface area contributed by atoms with Gasteiger partial charge in [0.1, 0.15) is 5.69 Å². The molecule has 0 atom stereocenters. The van der Waals surface area contributed by atoms with Gasteiger partial charge in [-0.1, -0.05) is 0 Å². The average Bonchev–Trinajstić information content (AvgIpc) is 2.02. The molecule has 1 heterocycles. The van der Waals surface area contributed by atoms with Crippen molar-refractivity contribution in [2.24, 2.45) is 5.73 Å². The Morgan fingerprint density at radius 2 is 2.08 bits per heavy atom. The number of pyridine rings is 1. The maximum atomic E-state index is 11.1. The van der Waals surface area contributed by atoms with E-state index in [2.05, 4.69) is 4.98 Å². The molecule has 1 amide bonds. The summed E-state index contributed by atoms with van der Waals surface area (Å²) in [4.78, 5) is 25.6. The fourth-order valence-electron chi connectivity index (χ4n) is 1.03. The van der Waals surface area contributed by atoms with Crippen LogP contribution in [0.25, 0.3) is 0 Å². The Morgan fingerprint density at radius 1 is 1.46 bits per heavy atom. The predicted molar refractivity (Wildman–Crippen MR) is 47.2 cm³/mol. The number of aromatic nitrogens is 1. The van der Waals surface area contributed by atoms with Gasteiger partial charge in [0.15, 0.2) is 5.78 Å². The summed E-state index contributed by atoms with van der Waals surface area (Å²) >= 11 is 0. The van der Waals surface area contributed by atoms with Crippen LogP contribution in [0.2, 0.25) is 0 Å². The minimum Gasteiger partial charge on any atom is -0.398 e. The summed E-state index contributed by atoms with van der Waals surface area (Å²) in [6, 6.07) is 1.45. The fraction of sp³-hybridized carbons (Fsp3) is 0.125.